The van der Waals surface area contributed by atoms with E-state index in [4.69, 9.17) is 0 Å². The van der Waals surface area contributed by atoms with Gasteiger partial charge in [0.25, 0.3) is 0 Å². The van der Waals surface area contributed by atoms with Gasteiger partial charge in [0, 0.05) is 33.6 Å². The SMILES string of the molecule is CCN(CC(=O)N(C)C)C(=O)CCNC(=O)OCC(F)(F)F. The highest BCUT2D eigenvalue weighted by Crippen LogP contribution is 2.14. The van der Waals surface area contributed by atoms with Crippen LogP contribution in [0.15, 0.2) is 0 Å². The fourth-order valence-electron chi connectivity index (χ4n) is 1.31. The first kappa shape index (κ1) is 20.0. The first-order chi connectivity index (χ1) is 10.1. The number of alkyl carbamates (subject to hydrolysis) is 1. The minimum Gasteiger partial charge on any atom is -0.440 e. The second-order valence-corrected chi connectivity index (χ2v) is 4.56. The maximum Gasteiger partial charge on any atom is 0.422 e. The Balaban J connectivity index is 4.10. The Morgan fingerprint density at radius 1 is 1.14 bits per heavy atom. The molecule has 10 heteroatoms. The summed E-state index contributed by atoms with van der Waals surface area (Å²) in [6.07, 6.45) is -5.99. The van der Waals surface area contributed by atoms with Crippen LogP contribution in [0.25, 0.3) is 0 Å². The van der Waals surface area contributed by atoms with Crippen molar-refractivity contribution < 1.29 is 32.3 Å². The number of likely N-dealkylation sites (N-methyl/N-ethyl adjacent to an activating group) is 2. The molecule has 0 saturated heterocycles. The first-order valence-corrected chi connectivity index (χ1v) is 6.52. The molecule has 1 N–H and O–H groups in total. The van der Waals surface area contributed by atoms with Crippen molar-refractivity contribution >= 4 is 17.9 Å². The van der Waals surface area contributed by atoms with Crippen LogP contribution in [0.4, 0.5) is 18.0 Å². The molecular formula is C12H20F3N3O4. The van der Waals surface area contributed by atoms with Crippen LogP contribution in [0, 0.1) is 0 Å². The quantitative estimate of drug-likeness (QED) is 0.743. The highest BCUT2D eigenvalue weighted by molar-refractivity contribution is 5.84. The molecule has 0 rings (SSSR count). The number of ether oxygens (including phenoxy) is 1. The second kappa shape index (κ2) is 9.11. The average molecular weight is 327 g/mol. The lowest BCUT2D eigenvalue weighted by atomic mass is 10.3. The Hall–Kier alpha value is -2.00. The molecule has 0 aromatic heterocycles. The predicted molar refractivity (Wildman–Crippen MR) is 71.0 cm³/mol. The molecule has 128 valence electrons. The molecule has 0 fully saturated rings. The standard InChI is InChI=1S/C12H20F3N3O4/c1-4-18(7-10(20)17(2)3)9(19)5-6-16-11(21)22-8-12(13,14)15/h4-8H2,1-3H3,(H,16,21). The van der Waals surface area contributed by atoms with Gasteiger partial charge in [-0.2, -0.15) is 13.2 Å². The van der Waals surface area contributed by atoms with E-state index in [9.17, 15) is 27.6 Å². The average Bonchev–Trinajstić information content (AvgIpc) is 2.41. The lowest BCUT2D eigenvalue weighted by Gasteiger charge is -2.22. The van der Waals surface area contributed by atoms with Crippen molar-refractivity contribution in [3.05, 3.63) is 0 Å². The van der Waals surface area contributed by atoms with E-state index in [0.29, 0.717) is 6.54 Å². The van der Waals surface area contributed by atoms with E-state index in [1.165, 1.54) is 9.80 Å². The first-order valence-electron chi connectivity index (χ1n) is 6.52. The number of hydrogen-bond donors (Lipinski definition) is 1. The molecule has 3 amide bonds. The van der Waals surface area contributed by atoms with Crippen molar-refractivity contribution in [1.29, 1.82) is 0 Å². The van der Waals surface area contributed by atoms with Crippen LogP contribution in [-0.2, 0) is 14.3 Å². The summed E-state index contributed by atoms with van der Waals surface area (Å²) in [6, 6.07) is 0. The third kappa shape index (κ3) is 9.03. The number of halogens is 3. The lowest BCUT2D eigenvalue weighted by molar-refractivity contribution is -0.160. The van der Waals surface area contributed by atoms with Crippen LogP contribution in [0.5, 0.6) is 0 Å². The number of hydrogen-bond acceptors (Lipinski definition) is 4. The predicted octanol–water partition coefficient (Wildman–Crippen LogP) is 0.602. The van der Waals surface area contributed by atoms with Gasteiger partial charge in [0.2, 0.25) is 11.8 Å². The Morgan fingerprint density at radius 3 is 2.18 bits per heavy atom. The van der Waals surface area contributed by atoms with Gasteiger partial charge in [-0.15, -0.1) is 0 Å². The summed E-state index contributed by atoms with van der Waals surface area (Å²) in [4.78, 5) is 36.9. The Bertz CT molecular complexity index is 400. The van der Waals surface area contributed by atoms with Gasteiger partial charge < -0.3 is 19.9 Å². The van der Waals surface area contributed by atoms with E-state index < -0.39 is 24.8 Å². The molecule has 0 aliphatic carbocycles. The number of alkyl halides is 3. The van der Waals surface area contributed by atoms with Crippen molar-refractivity contribution in [2.45, 2.75) is 19.5 Å². The van der Waals surface area contributed by atoms with Gasteiger partial charge in [-0.05, 0) is 6.92 Å². The van der Waals surface area contributed by atoms with Crippen LogP contribution in [0.2, 0.25) is 0 Å². The van der Waals surface area contributed by atoms with Crippen LogP contribution in [-0.4, -0.2) is 74.2 Å². The highest BCUT2D eigenvalue weighted by atomic mass is 19.4. The Morgan fingerprint density at radius 2 is 1.73 bits per heavy atom. The van der Waals surface area contributed by atoms with Crippen LogP contribution >= 0.6 is 0 Å². The zero-order chi connectivity index (χ0) is 17.3. The number of carbonyl (C=O) groups excluding carboxylic acids is 3. The normalized spacial score (nSPS) is 10.8. The van der Waals surface area contributed by atoms with Crippen LogP contribution in [0.3, 0.4) is 0 Å². The number of carbonyl (C=O) groups is 3. The summed E-state index contributed by atoms with van der Waals surface area (Å²) in [5, 5.41) is 2.04. The van der Waals surface area contributed by atoms with Gasteiger partial charge in [-0.25, -0.2) is 4.79 Å². The minimum absolute atomic E-state index is 0.0964. The monoisotopic (exact) mass is 327 g/mol. The summed E-state index contributed by atoms with van der Waals surface area (Å²) in [5.41, 5.74) is 0. The molecule has 0 aliphatic rings. The zero-order valence-corrected chi connectivity index (χ0v) is 12.7. The fraction of sp³-hybridized carbons (Fsp3) is 0.750. The van der Waals surface area contributed by atoms with E-state index in [1.807, 2.05) is 5.32 Å². The van der Waals surface area contributed by atoms with Crippen molar-refractivity contribution in [1.82, 2.24) is 15.1 Å². The summed E-state index contributed by atoms with van der Waals surface area (Å²) >= 11 is 0. The van der Waals surface area contributed by atoms with Crippen molar-refractivity contribution in [3.63, 3.8) is 0 Å². The van der Waals surface area contributed by atoms with E-state index in [0.717, 1.165) is 0 Å². The van der Waals surface area contributed by atoms with Gasteiger partial charge in [0.05, 0.1) is 6.54 Å². The Kier molecular flexibility index (Phi) is 8.28. The molecule has 0 aromatic rings. The number of nitrogens with one attached hydrogen (secondary N) is 1. The summed E-state index contributed by atoms with van der Waals surface area (Å²) in [7, 11) is 3.11. The molecule has 0 atom stereocenters. The van der Waals surface area contributed by atoms with Crippen molar-refractivity contribution in [2.75, 3.05) is 40.3 Å². The molecule has 22 heavy (non-hydrogen) atoms. The molecule has 0 saturated carbocycles. The van der Waals surface area contributed by atoms with Crippen molar-refractivity contribution in [2.24, 2.45) is 0 Å². The largest absolute Gasteiger partial charge is 0.440 e. The van der Waals surface area contributed by atoms with Gasteiger partial charge in [0.15, 0.2) is 6.61 Å². The van der Waals surface area contributed by atoms with Gasteiger partial charge >= 0.3 is 12.3 Å². The topological polar surface area (TPSA) is 79.0 Å². The smallest absolute Gasteiger partial charge is 0.422 e. The molecule has 0 bridgehead atoms. The number of nitrogens with zero attached hydrogens (tertiary/aromatic N) is 2. The molecular weight excluding hydrogens is 307 g/mol. The fourth-order valence-corrected chi connectivity index (χ4v) is 1.31. The number of rotatable bonds is 7. The Labute approximate surface area is 126 Å². The van der Waals surface area contributed by atoms with Crippen LogP contribution < -0.4 is 5.32 Å². The zero-order valence-electron chi connectivity index (χ0n) is 12.7. The summed E-state index contributed by atoms with van der Waals surface area (Å²) in [6.45, 7) is 0.0248. The maximum absolute atomic E-state index is 11.8. The van der Waals surface area contributed by atoms with E-state index >= 15 is 0 Å². The maximum atomic E-state index is 11.8. The third-order valence-corrected chi connectivity index (χ3v) is 2.53. The van der Waals surface area contributed by atoms with Crippen molar-refractivity contribution in [3.8, 4) is 0 Å². The minimum atomic E-state index is -4.60. The van der Waals surface area contributed by atoms with Gasteiger partial charge in [-0.1, -0.05) is 0 Å². The van der Waals surface area contributed by atoms with E-state index in [-0.39, 0.29) is 25.4 Å². The van der Waals surface area contributed by atoms with Gasteiger partial charge in [-0.3, -0.25) is 9.59 Å². The summed E-state index contributed by atoms with van der Waals surface area (Å²) in [5.74, 6) is -0.651. The molecule has 0 radical (unpaired) electrons. The molecule has 0 heterocycles. The van der Waals surface area contributed by atoms with Crippen LogP contribution in [0.1, 0.15) is 13.3 Å². The highest BCUT2D eigenvalue weighted by Gasteiger charge is 2.29. The number of amides is 3. The van der Waals surface area contributed by atoms with Gasteiger partial charge in [0.1, 0.15) is 0 Å². The molecule has 0 unspecified atom stereocenters. The molecule has 0 spiro atoms. The van der Waals surface area contributed by atoms with E-state index in [1.54, 1.807) is 21.0 Å². The second-order valence-electron chi connectivity index (χ2n) is 4.56. The molecule has 7 nitrogen and oxygen atoms in total. The third-order valence-electron chi connectivity index (χ3n) is 2.53. The van der Waals surface area contributed by atoms with E-state index in [2.05, 4.69) is 4.74 Å². The lowest BCUT2D eigenvalue weighted by Crippen LogP contribution is -2.41. The summed E-state index contributed by atoms with van der Waals surface area (Å²) < 4.78 is 39.3. The molecule has 0 aliphatic heterocycles. The molecule has 0 aromatic carbocycles.